The van der Waals surface area contributed by atoms with Crippen molar-refractivity contribution in [3.63, 3.8) is 0 Å². The summed E-state index contributed by atoms with van der Waals surface area (Å²) < 4.78 is 0. The van der Waals surface area contributed by atoms with Crippen LogP contribution in [0.4, 0.5) is 10.5 Å². The number of fused-ring (bicyclic) bond motifs is 1. The molecule has 6 heteroatoms. The zero-order valence-corrected chi connectivity index (χ0v) is 9.68. The maximum Gasteiger partial charge on any atom is 0.409 e. The molecule has 0 bridgehead atoms. The number of hydrogen-bond donors (Lipinski definition) is 4. The van der Waals surface area contributed by atoms with E-state index in [1.807, 2.05) is 24.4 Å². The second-order valence-corrected chi connectivity index (χ2v) is 3.79. The summed E-state index contributed by atoms with van der Waals surface area (Å²) in [5.41, 5.74) is 8.38. The molecular formula is C12H14N4O2. The SMILES string of the molecule is NCCc1c[nH]c2ccc(N=CNC(=O)O)cc12. The van der Waals surface area contributed by atoms with Gasteiger partial charge in [-0.15, -0.1) is 0 Å². The normalized spacial score (nSPS) is 11.2. The highest BCUT2D eigenvalue weighted by molar-refractivity contribution is 5.87. The van der Waals surface area contributed by atoms with Gasteiger partial charge in [0.25, 0.3) is 0 Å². The molecule has 1 aromatic carbocycles. The number of hydrogen-bond acceptors (Lipinski definition) is 3. The van der Waals surface area contributed by atoms with Gasteiger partial charge in [-0.05, 0) is 36.7 Å². The lowest BCUT2D eigenvalue weighted by Gasteiger charge is -1.98. The molecule has 1 amide bonds. The lowest BCUT2D eigenvalue weighted by Crippen LogP contribution is -2.17. The first kappa shape index (κ1) is 12.1. The van der Waals surface area contributed by atoms with E-state index in [4.69, 9.17) is 10.8 Å². The molecular weight excluding hydrogens is 232 g/mol. The van der Waals surface area contributed by atoms with Crippen molar-refractivity contribution in [3.8, 4) is 0 Å². The van der Waals surface area contributed by atoms with Gasteiger partial charge in [0.15, 0.2) is 0 Å². The smallest absolute Gasteiger partial charge is 0.409 e. The topological polar surface area (TPSA) is 104 Å². The summed E-state index contributed by atoms with van der Waals surface area (Å²) >= 11 is 0. The molecule has 0 fully saturated rings. The van der Waals surface area contributed by atoms with Gasteiger partial charge in [-0.1, -0.05) is 0 Å². The second kappa shape index (κ2) is 5.33. The lowest BCUT2D eigenvalue weighted by atomic mass is 10.1. The third kappa shape index (κ3) is 2.67. The summed E-state index contributed by atoms with van der Waals surface area (Å²) in [5.74, 6) is 0. The molecule has 6 nitrogen and oxygen atoms in total. The van der Waals surface area contributed by atoms with Gasteiger partial charge in [-0.3, -0.25) is 5.32 Å². The van der Waals surface area contributed by atoms with Gasteiger partial charge in [-0.2, -0.15) is 0 Å². The van der Waals surface area contributed by atoms with Gasteiger partial charge in [0.1, 0.15) is 0 Å². The largest absolute Gasteiger partial charge is 0.465 e. The van der Waals surface area contributed by atoms with E-state index in [9.17, 15) is 4.79 Å². The summed E-state index contributed by atoms with van der Waals surface area (Å²) in [6.45, 7) is 0.584. The summed E-state index contributed by atoms with van der Waals surface area (Å²) in [5, 5.41) is 11.6. The van der Waals surface area contributed by atoms with Crippen molar-refractivity contribution in [3.05, 3.63) is 30.0 Å². The summed E-state index contributed by atoms with van der Waals surface area (Å²) in [6, 6.07) is 5.62. The Hall–Kier alpha value is -2.34. The van der Waals surface area contributed by atoms with E-state index in [0.29, 0.717) is 12.2 Å². The van der Waals surface area contributed by atoms with Gasteiger partial charge >= 0.3 is 6.09 Å². The van der Waals surface area contributed by atoms with Crippen molar-refractivity contribution in [1.82, 2.24) is 10.3 Å². The molecule has 0 aliphatic heterocycles. The fourth-order valence-electron chi connectivity index (χ4n) is 1.77. The number of nitrogens with zero attached hydrogens (tertiary/aromatic N) is 1. The number of aliphatic imine (C=N–C) groups is 1. The molecule has 2 rings (SSSR count). The average Bonchev–Trinajstić information content (AvgIpc) is 2.72. The van der Waals surface area contributed by atoms with Crippen LogP contribution in [0, 0.1) is 0 Å². The third-order valence-electron chi connectivity index (χ3n) is 2.57. The van der Waals surface area contributed by atoms with Crippen molar-refractivity contribution in [2.75, 3.05) is 6.54 Å². The molecule has 0 atom stereocenters. The number of H-pyrrole nitrogens is 1. The Balaban J connectivity index is 2.27. The van der Waals surface area contributed by atoms with Crippen molar-refractivity contribution in [2.45, 2.75) is 6.42 Å². The first-order valence-electron chi connectivity index (χ1n) is 5.53. The van der Waals surface area contributed by atoms with Crippen molar-refractivity contribution >= 4 is 29.0 Å². The minimum Gasteiger partial charge on any atom is -0.465 e. The fraction of sp³-hybridized carbons (Fsp3) is 0.167. The number of amides is 1. The number of carbonyl (C=O) groups is 1. The Morgan fingerprint density at radius 1 is 1.56 bits per heavy atom. The lowest BCUT2D eigenvalue weighted by molar-refractivity contribution is 0.200. The summed E-state index contributed by atoms with van der Waals surface area (Å²) in [7, 11) is 0. The van der Waals surface area contributed by atoms with Crippen molar-refractivity contribution < 1.29 is 9.90 Å². The van der Waals surface area contributed by atoms with Gasteiger partial charge in [0.2, 0.25) is 0 Å². The fourth-order valence-corrected chi connectivity index (χ4v) is 1.77. The number of carboxylic acid groups (broad SMARTS) is 1. The molecule has 1 heterocycles. The molecule has 0 radical (unpaired) electrons. The minimum atomic E-state index is -1.13. The number of rotatable bonds is 4. The molecule has 0 spiro atoms. The second-order valence-electron chi connectivity index (χ2n) is 3.79. The van der Waals surface area contributed by atoms with Gasteiger partial charge in [0.05, 0.1) is 12.0 Å². The van der Waals surface area contributed by atoms with Crippen LogP contribution in [0.25, 0.3) is 10.9 Å². The van der Waals surface area contributed by atoms with Crippen LogP contribution in [0.3, 0.4) is 0 Å². The number of benzene rings is 1. The van der Waals surface area contributed by atoms with E-state index in [2.05, 4.69) is 15.3 Å². The zero-order chi connectivity index (χ0) is 13.0. The van der Waals surface area contributed by atoms with Gasteiger partial charge < -0.3 is 15.8 Å². The molecule has 1 aromatic heterocycles. The Morgan fingerprint density at radius 2 is 2.39 bits per heavy atom. The molecule has 0 aliphatic rings. The Kier molecular flexibility index (Phi) is 3.59. The average molecular weight is 246 g/mol. The van der Waals surface area contributed by atoms with Crippen LogP contribution in [0.1, 0.15) is 5.56 Å². The third-order valence-corrected chi connectivity index (χ3v) is 2.57. The predicted octanol–water partition coefficient (Wildman–Crippen LogP) is 1.60. The monoisotopic (exact) mass is 246 g/mol. The van der Waals surface area contributed by atoms with Crippen LogP contribution in [0.2, 0.25) is 0 Å². The van der Waals surface area contributed by atoms with Crippen LogP contribution in [0.5, 0.6) is 0 Å². The molecule has 5 N–H and O–H groups in total. The highest BCUT2D eigenvalue weighted by Crippen LogP contribution is 2.23. The highest BCUT2D eigenvalue weighted by Gasteiger charge is 2.03. The zero-order valence-electron chi connectivity index (χ0n) is 9.68. The maximum absolute atomic E-state index is 10.3. The summed E-state index contributed by atoms with van der Waals surface area (Å²) in [6.07, 6.45) is 2.74. The van der Waals surface area contributed by atoms with Crippen molar-refractivity contribution in [1.29, 1.82) is 0 Å². The number of nitrogens with one attached hydrogen (secondary N) is 2. The van der Waals surface area contributed by atoms with Crippen molar-refractivity contribution in [2.24, 2.45) is 10.7 Å². The van der Waals surface area contributed by atoms with Crippen LogP contribution >= 0.6 is 0 Å². The van der Waals surface area contributed by atoms with Gasteiger partial charge in [-0.25, -0.2) is 9.79 Å². The molecule has 0 saturated heterocycles. The van der Waals surface area contributed by atoms with Gasteiger partial charge in [0, 0.05) is 17.1 Å². The molecule has 2 aromatic rings. The molecule has 18 heavy (non-hydrogen) atoms. The Labute approximate surface area is 104 Å². The Bertz CT molecular complexity index is 589. The van der Waals surface area contributed by atoms with E-state index < -0.39 is 6.09 Å². The molecule has 0 aliphatic carbocycles. The van der Waals surface area contributed by atoms with E-state index in [-0.39, 0.29) is 0 Å². The summed E-state index contributed by atoms with van der Waals surface area (Å²) in [4.78, 5) is 17.5. The van der Waals surface area contributed by atoms with E-state index >= 15 is 0 Å². The molecule has 0 saturated carbocycles. The number of nitrogens with two attached hydrogens (primary N) is 1. The van der Waals surface area contributed by atoms with Crippen LogP contribution in [-0.2, 0) is 6.42 Å². The van der Waals surface area contributed by atoms with E-state index in [0.717, 1.165) is 29.2 Å². The van der Waals surface area contributed by atoms with Crippen LogP contribution < -0.4 is 11.1 Å². The first-order chi connectivity index (χ1) is 8.70. The molecule has 0 unspecified atom stereocenters. The maximum atomic E-state index is 10.3. The quantitative estimate of drug-likeness (QED) is 0.486. The standard InChI is InChI=1S/C12H14N4O2/c13-4-3-8-6-14-11-2-1-9(5-10(8)11)15-7-16-12(17)18/h1-2,5-7,14H,3-4,13H2,(H,15,16)(H,17,18). The Morgan fingerprint density at radius 3 is 3.11 bits per heavy atom. The number of aromatic nitrogens is 1. The predicted molar refractivity (Wildman–Crippen MR) is 70.4 cm³/mol. The number of aromatic amines is 1. The van der Waals surface area contributed by atoms with E-state index in [1.165, 1.54) is 0 Å². The van der Waals surface area contributed by atoms with E-state index in [1.54, 1.807) is 0 Å². The minimum absolute atomic E-state index is 0.584. The van der Waals surface area contributed by atoms with Crippen LogP contribution in [-0.4, -0.2) is 29.1 Å². The van der Waals surface area contributed by atoms with Crippen LogP contribution in [0.15, 0.2) is 29.4 Å². The highest BCUT2D eigenvalue weighted by atomic mass is 16.4. The first-order valence-corrected chi connectivity index (χ1v) is 5.53. The molecule has 94 valence electrons.